The van der Waals surface area contributed by atoms with E-state index >= 15 is 0 Å². The number of hydrogen-bond donors (Lipinski definition) is 1. The first kappa shape index (κ1) is 17.1. The fraction of sp³-hybridized carbons (Fsp3) is 0.278. The van der Waals surface area contributed by atoms with Crippen molar-refractivity contribution in [3.05, 3.63) is 36.9 Å². The molecule has 0 bridgehead atoms. The van der Waals surface area contributed by atoms with E-state index < -0.39 is 0 Å². The summed E-state index contributed by atoms with van der Waals surface area (Å²) in [5, 5.41) is 0. The second kappa shape index (κ2) is 7.50. The van der Waals surface area contributed by atoms with Crippen molar-refractivity contribution in [1.82, 2.24) is 24.9 Å². The van der Waals surface area contributed by atoms with E-state index in [2.05, 4.69) is 19.9 Å². The van der Waals surface area contributed by atoms with Crippen LogP contribution in [0.5, 0.6) is 5.75 Å². The van der Waals surface area contributed by atoms with Crippen molar-refractivity contribution in [3.63, 3.8) is 0 Å². The first-order chi connectivity index (χ1) is 13.2. The number of rotatable bonds is 4. The quantitative estimate of drug-likeness (QED) is 0.733. The molecule has 1 fully saturated rings. The molecule has 3 aromatic heterocycles. The molecule has 0 aromatic carbocycles. The van der Waals surface area contributed by atoms with Gasteiger partial charge >= 0.3 is 0 Å². The van der Waals surface area contributed by atoms with Crippen LogP contribution in [0.4, 0.5) is 11.9 Å². The van der Waals surface area contributed by atoms with Crippen molar-refractivity contribution >= 4 is 11.9 Å². The molecular weight excluding hydrogens is 346 g/mol. The molecule has 0 saturated carbocycles. The first-order valence-electron chi connectivity index (χ1n) is 8.52. The van der Waals surface area contributed by atoms with Crippen LogP contribution in [0.1, 0.15) is 0 Å². The highest BCUT2D eigenvalue weighted by atomic mass is 16.5. The molecule has 4 rings (SSSR count). The molecule has 0 radical (unpaired) electrons. The Morgan fingerprint density at radius 3 is 2.37 bits per heavy atom. The molecule has 3 aromatic rings. The van der Waals surface area contributed by atoms with Gasteiger partial charge in [0.2, 0.25) is 11.9 Å². The number of morpholine rings is 1. The Bertz CT molecular complexity index is 927. The summed E-state index contributed by atoms with van der Waals surface area (Å²) in [5.74, 6) is 1.51. The molecule has 9 heteroatoms. The average molecular weight is 365 g/mol. The lowest BCUT2D eigenvalue weighted by atomic mass is 10.1. The number of aromatic nitrogens is 5. The smallest absolute Gasteiger partial charge is 0.226 e. The zero-order valence-electron chi connectivity index (χ0n) is 14.9. The normalized spacial score (nSPS) is 14.2. The molecule has 0 aliphatic carbocycles. The van der Waals surface area contributed by atoms with Crippen molar-refractivity contribution in [3.8, 4) is 28.3 Å². The van der Waals surface area contributed by atoms with Crippen molar-refractivity contribution in [2.75, 3.05) is 44.0 Å². The molecule has 138 valence electrons. The van der Waals surface area contributed by atoms with Crippen LogP contribution >= 0.6 is 0 Å². The number of anilines is 2. The van der Waals surface area contributed by atoms with Gasteiger partial charge in [-0.1, -0.05) is 0 Å². The van der Waals surface area contributed by atoms with E-state index in [0.29, 0.717) is 30.6 Å². The number of ether oxygens (including phenoxy) is 2. The molecule has 0 atom stereocenters. The van der Waals surface area contributed by atoms with E-state index in [0.717, 1.165) is 29.9 Å². The fourth-order valence-corrected chi connectivity index (χ4v) is 2.78. The van der Waals surface area contributed by atoms with Crippen LogP contribution in [0.15, 0.2) is 36.9 Å². The summed E-state index contributed by atoms with van der Waals surface area (Å²) in [4.78, 5) is 23.9. The highest BCUT2D eigenvalue weighted by Crippen LogP contribution is 2.27. The molecular formula is C18H19N7O2. The third kappa shape index (κ3) is 3.77. The monoisotopic (exact) mass is 365 g/mol. The van der Waals surface area contributed by atoms with E-state index in [-0.39, 0.29) is 5.95 Å². The summed E-state index contributed by atoms with van der Waals surface area (Å²) >= 11 is 0. The van der Waals surface area contributed by atoms with Crippen molar-refractivity contribution in [2.24, 2.45) is 0 Å². The summed E-state index contributed by atoms with van der Waals surface area (Å²) in [6.45, 7) is 2.76. The van der Waals surface area contributed by atoms with Gasteiger partial charge in [-0.2, -0.15) is 0 Å². The number of hydrogen-bond acceptors (Lipinski definition) is 9. The Morgan fingerprint density at radius 1 is 0.963 bits per heavy atom. The van der Waals surface area contributed by atoms with Gasteiger partial charge in [0, 0.05) is 42.8 Å². The molecule has 4 heterocycles. The van der Waals surface area contributed by atoms with Gasteiger partial charge in [-0.15, -0.1) is 0 Å². The Balaban J connectivity index is 1.81. The third-order valence-electron chi connectivity index (χ3n) is 4.22. The lowest BCUT2D eigenvalue weighted by Crippen LogP contribution is -2.37. The molecule has 27 heavy (non-hydrogen) atoms. The van der Waals surface area contributed by atoms with Crippen LogP contribution in [-0.2, 0) is 4.74 Å². The Labute approximate surface area is 156 Å². The van der Waals surface area contributed by atoms with E-state index in [1.54, 1.807) is 31.9 Å². The van der Waals surface area contributed by atoms with Crippen LogP contribution in [-0.4, -0.2) is 58.3 Å². The van der Waals surface area contributed by atoms with E-state index in [1.165, 1.54) is 0 Å². The lowest BCUT2D eigenvalue weighted by molar-refractivity contribution is 0.122. The molecule has 9 nitrogen and oxygen atoms in total. The molecule has 0 amide bonds. The molecule has 1 saturated heterocycles. The van der Waals surface area contributed by atoms with E-state index in [9.17, 15) is 0 Å². The molecule has 1 aliphatic rings. The molecule has 1 aliphatic heterocycles. The Hall–Kier alpha value is -3.33. The third-order valence-corrected chi connectivity index (χ3v) is 4.22. The van der Waals surface area contributed by atoms with Gasteiger partial charge in [-0.3, -0.25) is 4.98 Å². The summed E-state index contributed by atoms with van der Waals surface area (Å²) < 4.78 is 10.7. The highest BCUT2D eigenvalue weighted by molar-refractivity contribution is 5.69. The Morgan fingerprint density at radius 2 is 1.67 bits per heavy atom. The highest BCUT2D eigenvalue weighted by Gasteiger charge is 2.17. The second-order valence-electron chi connectivity index (χ2n) is 5.98. The standard InChI is InChI=1S/C18H19N7O2/c1-26-14-6-12(8-20-11-14)15-7-16(13-9-21-17(19)22-10-13)24-18(23-15)25-2-4-27-5-3-25/h6-11H,2-5H2,1H3,(H2,19,21,22). The van der Waals surface area contributed by atoms with Crippen LogP contribution in [0.2, 0.25) is 0 Å². The molecule has 2 N–H and O–H groups in total. The maximum atomic E-state index is 5.61. The van der Waals surface area contributed by atoms with Crippen molar-refractivity contribution in [2.45, 2.75) is 0 Å². The zero-order valence-corrected chi connectivity index (χ0v) is 14.9. The number of methoxy groups -OCH3 is 1. The zero-order chi connectivity index (χ0) is 18.6. The SMILES string of the molecule is COc1cncc(-c2cc(-c3cnc(N)nc3)nc(N3CCOCC3)n2)c1. The summed E-state index contributed by atoms with van der Waals surface area (Å²) in [7, 11) is 1.61. The number of nitrogen functional groups attached to an aromatic ring is 1. The summed E-state index contributed by atoms with van der Waals surface area (Å²) in [6.07, 6.45) is 6.71. The minimum atomic E-state index is 0.221. The van der Waals surface area contributed by atoms with E-state index in [1.807, 2.05) is 12.1 Å². The first-order valence-corrected chi connectivity index (χ1v) is 8.52. The summed E-state index contributed by atoms with van der Waals surface area (Å²) in [6, 6.07) is 3.77. The predicted molar refractivity (Wildman–Crippen MR) is 100 cm³/mol. The molecule has 0 spiro atoms. The van der Waals surface area contributed by atoms with Crippen molar-refractivity contribution in [1.29, 1.82) is 0 Å². The number of pyridine rings is 1. The number of nitrogens with two attached hydrogens (primary N) is 1. The largest absolute Gasteiger partial charge is 0.495 e. The van der Waals surface area contributed by atoms with Gasteiger partial charge in [0.05, 0.1) is 37.9 Å². The van der Waals surface area contributed by atoms with Crippen molar-refractivity contribution < 1.29 is 9.47 Å². The Kier molecular flexibility index (Phi) is 4.75. The van der Waals surface area contributed by atoms with Gasteiger partial charge < -0.3 is 20.1 Å². The lowest BCUT2D eigenvalue weighted by Gasteiger charge is -2.27. The maximum Gasteiger partial charge on any atom is 0.226 e. The van der Waals surface area contributed by atoms with E-state index in [4.69, 9.17) is 25.2 Å². The topological polar surface area (TPSA) is 112 Å². The van der Waals surface area contributed by atoms with Gasteiger partial charge in [0.15, 0.2) is 0 Å². The average Bonchev–Trinajstić information content (AvgIpc) is 2.74. The van der Waals surface area contributed by atoms with Crippen LogP contribution in [0.3, 0.4) is 0 Å². The van der Waals surface area contributed by atoms with Gasteiger partial charge in [-0.25, -0.2) is 19.9 Å². The fourth-order valence-electron chi connectivity index (χ4n) is 2.78. The van der Waals surface area contributed by atoms with Crippen LogP contribution in [0, 0.1) is 0 Å². The van der Waals surface area contributed by atoms with Gasteiger partial charge in [0.1, 0.15) is 5.75 Å². The minimum absolute atomic E-state index is 0.221. The van der Waals surface area contributed by atoms with Gasteiger partial charge in [-0.05, 0) is 12.1 Å². The maximum absolute atomic E-state index is 5.61. The van der Waals surface area contributed by atoms with Crippen LogP contribution < -0.4 is 15.4 Å². The second-order valence-corrected chi connectivity index (χ2v) is 5.98. The predicted octanol–water partition coefficient (Wildman–Crippen LogP) is 1.42. The summed E-state index contributed by atoms with van der Waals surface area (Å²) in [5.41, 5.74) is 8.66. The van der Waals surface area contributed by atoms with Gasteiger partial charge in [0.25, 0.3) is 0 Å². The van der Waals surface area contributed by atoms with Crippen LogP contribution in [0.25, 0.3) is 22.5 Å². The number of nitrogens with zero attached hydrogens (tertiary/aromatic N) is 6. The minimum Gasteiger partial charge on any atom is -0.495 e. The molecule has 0 unspecified atom stereocenters.